The molecule has 4 aromatic rings. The lowest BCUT2D eigenvalue weighted by molar-refractivity contribution is -0.943. The Morgan fingerprint density at radius 2 is 1.91 bits per heavy atom. The van der Waals surface area contributed by atoms with Gasteiger partial charge in [0, 0.05) is 27.9 Å². The minimum absolute atomic E-state index is 0.0218. The number of carbonyl (C=O) groups excluding carboxylic acids is 1. The number of H-pyrrole nitrogens is 1. The molecule has 230 valence electrons. The van der Waals surface area contributed by atoms with Crippen LogP contribution in [0.15, 0.2) is 64.8 Å². The second-order valence-corrected chi connectivity index (χ2v) is 12.9. The normalized spacial score (nSPS) is 16.3. The highest BCUT2D eigenvalue weighted by Gasteiger charge is 2.37. The zero-order valence-corrected chi connectivity index (χ0v) is 25.8. The summed E-state index contributed by atoms with van der Waals surface area (Å²) < 4.78 is 35.4. The SMILES string of the molecule is CCOC(=O)COP(=O)(O)OC[N+]1(CCCCOc2ccc3ccc(=O)[nH]c3c2)CCN(c2cccc3sccc23)CC1. The average Bonchev–Trinajstić information content (AvgIpc) is 3.49. The number of phosphoric ester groups is 1. The largest absolute Gasteiger partial charge is 0.494 e. The van der Waals surface area contributed by atoms with Gasteiger partial charge >= 0.3 is 13.8 Å². The van der Waals surface area contributed by atoms with Gasteiger partial charge in [0.25, 0.3) is 0 Å². The van der Waals surface area contributed by atoms with Crippen LogP contribution in [0.25, 0.3) is 21.0 Å². The molecule has 11 nitrogen and oxygen atoms in total. The molecule has 0 bridgehead atoms. The van der Waals surface area contributed by atoms with Crippen LogP contribution in [0.1, 0.15) is 19.8 Å². The van der Waals surface area contributed by atoms with Gasteiger partial charge in [-0.15, -0.1) is 11.3 Å². The van der Waals surface area contributed by atoms with Crippen LogP contribution in [-0.4, -0.2) is 79.6 Å². The number of unbranched alkanes of at least 4 members (excludes halogenated alkanes) is 1. The van der Waals surface area contributed by atoms with Crippen molar-refractivity contribution in [2.24, 2.45) is 0 Å². The number of phosphoric acid groups is 1. The molecule has 1 saturated heterocycles. The van der Waals surface area contributed by atoms with E-state index in [9.17, 15) is 19.0 Å². The molecule has 1 fully saturated rings. The van der Waals surface area contributed by atoms with E-state index in [-0.39, 0.29) is 18.9 Å². The number of hydrogen-bond donors (Lipinski definition) is 2. The van der Waals surface area contributed by atoms with Gasteiger partial charge in [0.05, 0.1) is 51.5 Å². The van der Waals surface area contributed by atoms with E-state index >= 15 is 0 Å². The zero-order chi connectivity index (χ0) is 30.3. The molecule has 13 heteroatoms. The van der Waals surface area contributed by atoms with E-state index in [0.29, 0.717) is 36.5 Å². The number of nitrogens with zero attached hydrogens (tertiary/aromatic N) is 2. The first-order valence-corrected chi connectivity index (χ1v) is 16.7. The van der Waals surface area contributed by atoms with E-state index in [1.54, 1.807) is 24.3 Å². The highest BCUT2D eigenvalue weighted by molar-refractivity contribution is 7.47. The molecule has 1 atom stereocenters. The van der Waals surface area contributed by atoms with Crippen LogP contribution in [0.3, 0.4) is 0 Å². The Hall–Kier alpha value is -3.25. The van der Waals surface area contributed by atoms with Gasteiger partial charge in [0.15, 0.2) is 13.3 Å². The van der Waals surface area contributed by atoms with Crippen molar-refractivity contribution in [3.05, 3.63) is 70.3 Å². The summed E-state index contributed by atoms with van der Waals surface area (Å²) in [5, 5.41) is 4.26. The number of aromatic nitrogens is 1. The van der Waals surface area contributed by atoms with Gasteiger partial charge in [-0.25, -0.2) is 13.9 Å². The topological polar surface area (TPSA) is 127 Å². The quantitative estimate of drug-likeness (QED) is 0.0866. The van der Waals surface area contributed by atoms with Crippen molar-refractivity contribution in [3.63, 3.8) is 0 Å². The van der Waals surface area contributed by atoms with Crippen molar-refractivity contribution >= 4 is 51.8 Å². The van der Waals surface area contributed by atoms with Crippen LogP contribution >= 0.6 is 19.2 Å². The third-order valence-corrected chi connectivity index (χ3v) is 9.42. The number of ether oxygens (including phenoxy) is 2. The minimum Gasteiger partial charge on any atom is -0.494 e. The van der Waals surface area contributed by atoms with Crippen molar-refractivity contribution in [1.29, 1.82) is 0 Å². The molecule has 2 aromatic heterocycles. The fourth-order valence-electron chi connectivity index (χ4n) is 5.33. The molecular weight excluding hydrogens is 593 g/mol. The van der Waals surface area contributed by atoms with Gasteiger partial charge in [-0.05, 0) is 66.9 Å². The predicted octanol–water partition coefficient (Wildman–Crippen LogP) is 4.89. The molecular formula is C30H37N3O8PS+. The number of rotatable bonds is 14. The molecule has 43 heavy (non-hydrogen) atoms. The molecule has 1 aliphatic rings. The van der Waals surface area contributed by atoms with Gasteiger partial charge in [-0.2, -0.15) is 0 Å². The second-order valence-electron chi connectivity index (χ2n) is 10.5. The van der Waals surface area contributed by atoms with Crippen LogP contribution < -0.4 is 15.2 Å². The fraction of sp³-hybridized carbons (Fsp3) is 0.400. The molecule has 0 radical (unpaired) electrons. The lowest BCUT2D eigenvalue weighted by Crippen LogP contribution is -2.60. The number of thiophene rings is 1. The van der Waals surface area contributed by atoms with Crippen molar-refractivity contribution in [2.75, 3.05) is 64.2 Å². The monoisotopic (exact) mass is 630 g/mol. The zero-order valence-electron chi connectivity index (χ0n) is 24.1. The Morgan fingerprint density at radius 1 is 1.09 bits per heavy atom. The summed E-state index contributed by atoms with van der Waals surface area (Å²) in [6.07, 6.45) is 1.56. The number of nitrogens with one attached hydrogen (secondary N) is 1. The van der Waals surface area contributed by atoms with E-state index in [2.05, 4.69) is 39.5 Å². The molecule has 0 amide bonds. The summed E-state index contributed by atoms with van der Waals surface area (Å²) in [7, 11) is -4.46. The number of fused-ring (bicyclic) bond motifs is 2. The lowest BCUT2D eigenvalue weighted by Gasteiger charge is -2.45. The molecule has 0 saturated carbocycles. The summed E-state index contributed by atoms with van der Waals surface area (Å²) in [6.45, 7) is 5.24. The Balaban J connectivity index is 1.19. The maximum Gasteiger partial charge on any atom is 0.477 e. The molecule has 0 aliphatic carbocycles. The number of quaternary nitrogens is 1. The van der Waals surface area contributed by atoms with Crippen LogP contribution in [0.4, 0.5) is 5.69 Å². The van der Waals surface area contributed by atoms with Gasteiger partial charge in [-0.3, -0.25) is 13.8 Å². The first-order chi connectivity index (χ1) is 20.8. The number of hydrogen-bond acceptors (Lipinski definition) is 9. The maximum absolute atomic E-state index is 12.6. The van der Waals surface area contributed by atoms with Crippen molar-refractivity contribution < 1.29 is 37.3 Å². The van der Waals surface area contributed by atoms with Crippen LogP contribution in [0.2, 0.25) is 0 Å². The predicted molar refractivity (Wildman–Crippen MR) is 167 cm³/mol. The molecule has 2 N–H and O–H groups in total. The molecule has 0 spiro atoms. The van der Waals surface area contributed by atoms with Crippen LogP contribution in [0, 0.1) is 0 Å². The number of anilines is 1. The maximum atomic E-state index is 12.6. The van der Waals surface area contributed by atoms with Gasteiger partial charge < -0.3 is 24.3 Å². The van der Waals surface area contributed by atoms with Crippen molar-refractivity contribution in [2.45, 2.75) is 19.8 Å². The van der Waals surface area contributed by atoms with E-state index in [0.717, 1.165) is 36.8 Å². The molecule has 3 heterocycles. The van der Waals surface area contributed by atoms with Crippen molar-refractivity contribution in [3.8, 4) is 5.75 Å². The van der Waals surface area contributed by atoms with Crippen LogP contribution in [0.5, 0.6) is 5.75 Å². The third kappa shape index (κ3) is 8.23. The third-order valence-electron chi connectivity index (χ3n) is 7.64. The Morgan fingerprint density at radius 3 is 2.72 bits per heavy atom. The molecule has 2 aromatic carbocycles. The summed E-state index contributed by atoms with van der Waals surface area (Å²) in [5.74, 6) is -0.0453. The lowest BCUT2D eigenvalue weighted by atomic mass is 10.1. The highest BCUT2D eigenvalue weighted by Crippen LogP contribution is 2.44. The van der Waals surface area contributed by atoms with Gasteiger partial charge in [-0.1, -0.05) is 6.07 Å². The summed E-state index contributed by atoms with van der Waals surface area (Å²) in [5.41, 5.74) is 1.75. The summed E-state index contributed by atoms with van der Waals surface area (Å²) in [4.78, 5) is 38.7. The van der Waals surface area contributed by atoms with Crippen molar-refractivity contribution in [1.82, 2.24) is 4.98 Å². The first-order valence-electron chi connectivity index (χ1n) is 14.4. The molecule has 1 aliphatic heterocycles. The number of piperazine rings is 1. The Bertz CT molecular complexity index is 1650. The smallest absolute Gasteiger partial charge is 0.477 e. The standard InChI is InChI=1S/C30H36N3O8PS/c1-2-38-30(35)21-40-42(36,37)41-22-33(16-13-32(14-17-33)27-6-5-7-28-25(27)12-19-43-28)15-3-4-18-39-24-10-8-23-9-11-29(34)31-26(23)20-24/h5-12,19-20H,2-4,13-18,21-22H2,1H3,(H-,31,34,36,37)/p+1. The second kappa shape index (κ2) is 14.0. The number of pyridine rings is 1. The summed E-state index contributed by atoms with van der Waals surface area (Å²) in [6, 6.07) is 17.4. The van der Waals surface area contributed by atoms with Crippen LogP contribution in [-0.2, 0) is 23.1 Å². The number of carbonyl (C=O) groups is 1. The van der Waals surface area contributed by atoms with E-state index in [1.807, 2.05) is 18.2 Å². The van der Waals surface area contributed by atoms with Gasteiger partial charge in [0.2, 0.25) is 5.56 Å². The number of esters is 1. The fourth-order valence-corrected chi connectivity index (χ4v) is 6.87. The molecule has 5 rings (SSSR count). The molecule has 1 unspecified atom stereocenters. The van der Waals surface area contributed by atoms with E-state index in [4.69, 9.17) is 18.5 Å². The van der Waals surface area contributed by atoms with Gasteiger partial charge in [0.1, 0.15) is 5.75 Å². The number of aromatic amines is 1. The highest BCUT2D eigenvalue weighted by atomic mass is 32.1. The Labute approximate surface area is 253 Å². The number of benzene rings is 2. The minimum atomic E-state index is -4.46. The van der Waals surface area contributed by atoms with E-state index in [1.165, 1.54) is 21.8 Å². The Kier molecular flexibility index (Phi) is 10.2. The average molecular weight is 631 g/mol. The first kappa shape index (κ1) is 31.2. The summed E-state index contributed by atoms with van der Waals surface area (Å²) >= 11 is 1.72. The van der Waals surface area contributed by atoms with E-state index < -0.39 is 20.4 Å².